The maximum atomic E-state index is 10.7. The molecule has 3 rings (SSSR count). The Hall–Kier alpha value is -2.34. The Morgan fingerprint density at radius 1 is 1.39 bits per heavy atom. The van der Waals surface area contributed by atoms with Crippen LogP contribution in [-0.2, 0) is 0 Å². The molecule has 0 radical (unpaired) electrons. The van der Waals surface area contributed by atoms with Crippen LogP contribution in [0.5, 0.6) is 0 Å². The molecule has 1 aromatic carbocycles. The van der Waals surface area contributed by atoms with Crippen molar-refractivity contribution in [2.45, 2.75) is 0 Å². The van der Waals surface area contributed by atoms with Gasteiger partial charge in [0, 0.05) is 5.39 Å². The number of carbonyl (C=O) groups is 1. The summed E-state index contributed by atoms with van der Waals surface area (Å²) < 4.78 is 0. The molecular weight excluding hydrogens is 256 g/mol. The first-order valence-corrected chi connectivity index (χ1v) is 5.47. The molecule has 7 heteroatoms. The summed E-state index contributed by atoms with van der Waals surface area (Å²) in [7, 11) is 0. The van der Waals surface area contributed by atoms with Gasteiger partial charge in [0.05, 0.1) is 10.9 Å². The highest BCUT2D eigenvalue weighted by atomic mass is 35.5. The molecule has 0 unspecified atom stereocenters. The van der Waals surface area contributed by atoms with Gasteiger partial charge in [0.2, 0.25) is 0 Å². The summed E-state index contributed by atoms with van der Waals surface area (Å²) in [5.74, 6) is 0.290. The van der Waals surface area contributed by atoms with Crippen LogP contribution in [-0.4, -0.2) is 26.4 Å². The zero-order valence-electron chi connectivity index (χ0n) is 8.94. The lowest BCUT2D eigenvalue weighted by Gasteiger charge is -2.02. The fraction of sp³-hybridized carbons (Fsp3) is 0. The van der Waals surface area contributed by atoms with Gasteiger partial charge < -0.3 is 5.11 Å². The fourth-order valence-electron chi connectivity index (χ4n) is 1.89. The Labute approximate surface area is 106 Å². The molecule has 2 aromatic heterocycles. The average Bonchev–Trinajstić information content (AvgIpc) is 2.73. The molecule has 6 nitrogen and oxygen atoms in total. The molecule has 0 aliphatic heterocycles. The van der Waals surface area contributed by atoms with E-state index in [1.807, 2.05) is 18.2 Å². The number of aromatic amines is 1. The van der Waals surface area contributed by atoms with Crippen LogP contribution in [0, 0.1) is 0 Å². The van der Waals surface area contributed by atoms with Gasteiger partial charge in [-0.2, -0.15) is 5.10 Å². The van der Waals surface area contributed by atoms with Crippen LogP contribution < -0.4 is 5.32 Å². The van der Waals surface area contributed by atoms with E-state index in [4.69, 9.17) is 16.7 Å². The zero-order chi connectivity index (χ0) is 12.7. The predicted octanol–water partition coefficient (Wildman–Crippen LogP) is 2.85. The number of hydrogen-bond donors (Lipinski definition) is 3. The topological polar surface area (TPSA) is 90.9 Å². The van der Waals surface area contributed by atoms with Crippen molar-refractivity contribution < 1.29 is 9.90 Å². The smallest absolute Gasteiger partial charge is 0.410 e. The first kappa shape index (κ1) is 10.8. The summed E-state index contributed by atoms with van der Waals surface area (Å²) in [6, 6.07) is 7.32. The number of para-hydroxylation sites is 1. The SMILES string of the molecule is O=C(O)Nc1[nH]nc2c(Cl)nc3ccccc3c12. The lowest BCUT2D eigenvalue weighted by molar-refractivity contribution is 0.209. The van der Waals surface area contributed by atoms with Crippen LogP contribution in [0.1, 0.15) is 0 Å². The Balaban J connectivity index is 2.43. The quantitative estimate of drug-likeness (QED) is 0.588. The van der Waals surface area contributed by atoms with Gasteiger partial charge in [0.25, 0.3) is 0 Å². The van der Waals surface area contributed by atoms with Gasteiger partial charge in [-0.25, -0.2) is 9.78 Å². The number of benzene rings is 1. The van der Waals surface area contributed by atoms with Gasteiger partial charge >= 0.3 is 6.09 Å². The second-order valence-electron chi connectivity index (χ2n) is 3.67. The maximum absolute atomic E-state index is 10.7. The van der Waals surface area contributed by atoms with E-state index in [9.17, 15) is 4.79 Å². The number of fused-ring (bicyclic) bond motifs is 3. The van der Waals surface area contributed by atoms with Crippen molar-refractivity contribution in [1.29, 1.82) is 0 Å². The number of H-pyrrole nitrogens is 1. The van der Waals surface area contributed by atoms with Gasteiger partial charge in [0.15, 0.2) is 5.15 Å². The number of nitrogens with zero attached hydrogens (tertiary/aromatic N) is 2. The molecule has 1 amide bonds. The number of carboxylic acid groups (broad SMARTS) is 1. The normalized spacial score (nSPS) is 10.9. The van der Waals surface area contributed by atoms with Gasteiger partial charge in [-0.05, 0) is 6.07 Å². The molecule has 0 fully saturated rings. The Kier molecular flexibility index (Phi) is 2.31. The molecule has 0 atom stereocenters. The first-order chi connectivity index (χ1) is 8.66. The fourth-order valence-corrected chi connectivity index (χ4v) is 2.12. The van der Waals surface area contributed by atoms with E-state index >= 15 is 0 Å². The van der Waals surface area contributed by atoms with E-state index in [1.165, 1.54) is 0 Å². The van der Waals surface area contributed by atoms with Crippen LogP contribution in [0.3, 0.4) is 0 Å². The minimum absolute atomic E-state index is 0.235. The van der Waals surface area contributed by atoms with Crippen molar-refractivity contribution in [2.75, 3.05) is 5.32 Å². The molecule has 0 saturated heterocycles. The second kappa shape index (κ2) is 3.85. The van der Waals surface area contributed by atoms with Crippen molar-refractivity contribution in [1.82, 2.24) is 15.2 Å². The van der Waals surface area contributed by atoms with E-state index in [1.54, 1.807) is 6.07 Å². The highest BCUT2D eigenvalue weighted by Crippen LogP contribution is 2.32. The summed E-state index contributed by atoms with van der Waals surface area (Å²) >= 11 is 6.02. The van der Waals surface area contributed by atoms with Crippen LogP contribution in [0.2, 0.25) is 5.15 Å². The second-order valence-corrected chi connectivity index (χ2v) is 4.03. The first-order valence-electron chi connectivity index (χ1n) is 5.09. The van der Waals surface area contributed by atoms with Gasteiger partial charge in [-0.15, -0.1) is 0 Å². The Morgan fingerprint density at radius 2 is 2.17 bits per heavy atom. The lowest BCUT2D eigenvalue weighted by Crippen LogP contribution is -2.07. The van der Waals surface area contributed by atoms with Crippen molar-refractivity contribution >= 4 is 45.3 Å². The molecule has 0 aliphatic rings. The Bertz CT molecular complexity index is 768. The van der Waals surface area contributed by atoms with Crippen LogP contribution in [0.4, 0.5) is 10.6 Å². The number of amides is 1. The number of halogens is 1. The molecular formula is C11H7ClN4O2. The number of pyridine rings is 1. The molecule has 3 aromatic rings. The standard InChI is InChI=1S/C11H7ClN4O2/c12-9-8-7(10(16-15-8)14-11(17)18)5-3-1-2-4-6(5)13-9/h1-4H,(H,17,18)(H2,14,15,16). The minimum atomic E-state index is -1.17. The van der Waals surface area contributed by atoms with Crippen molar-refractivity contribution in [3.63, 3.8) is 0 Å². The van der Waals surface area contributed by atoms with Gasteiger partial charge in [0.1, 0.15) is 11.3 Å². The zero-order valence-corrected chi connectivity index (χ0v) is 9.69. The number of rotatable bonds is 1. The van der Waals surface area contributed by atoms with Gasteiger partial charge in [-0.3, -0.25) is 10.4 Å². The van der Waals surface area contributed by atoms with E-state index < -0.39 is 6.09 Å². The number of aromatic nitrogens is 3. The monoisotopic (exact) mass is 262 g/mol. The Morgan fingerprint density at radius 3 is 2.94 bits per heavy atom. The third kappa shape index (κ3) is 1.54. The summed E-state index contributed by atoms with van der Waals surface area (Å²) in [5, 5.41) is 19.3. The molecule has 0 aliphatic carbocycles. The van der Waals surface area contributed by atoms with Crippen molar-refractivity contribution in [3.8, 4) is 0 Å². The highest BCUT2D eigenvalue weighted by Gasteiger charge is 2.15. The van der Waals surface area contributed by atoms with E-state index in [-0.39, 0.29) is 11.0 Å². The molecule has 0 spiro atoms. The summed E-state index contributed by atoms with van der Waals surface area (Å²) in [6.07, 6.45) is -1.17. The van der Waals surface area contributed by atoms with E-state index in [0.717, 1.165) is 5.39 Å². The summed E-state index contributed by atoms with van der Waals surface area (Å²) in [5.41, 5.74) is 1.13. The van der Waals surface area contributed by atoms with Crippen molar-refractivity contribution in [2.24, 2.45) is 0 Å². The molecule has 3 N–H and O–H groups in total. The number of nitrogens with one attached hydrogen (secondary N) is 2. The van der Waals surface area contributed by atoms with Crippen molar-refractivity contribution in [3.05, 3.63) is 29.4 Å². The average molecular weight is 263 g/mol. The van der Waals surface area contributed by atoms with Crippen LogP contribution in [0.25, 0.3) is 21.8 Å². The number of anilines is 1. The molecule has 2 heterocycles. The van der Waals surface area contributed by atoms with E-state index in [0.29, 0.717) is 16.4 Å². The third-order valence-corrected chi connectivity index (χ3v) is 2.85. The van der Waals surface area contributed by atoms with E-state index in [2.05, 4.69) is 20.5 Å². The summed E-state index contributed by atoms with van der Waals surface area (Å²) in [4.78, 5) is 14.9. The van der Waals surface area contributed by atoms with Crippen LogP contribution in [0.15, 0.2) is 24.3 Å². The molecule has 0 saturated carbocycles. The van der Waals surface area contributed by atoms with Crippen LogP contribution >= 0.6 is 11.6 Å². The number of hydrogen-bond acceptors (Lipinski definition) is 3. The molecule has 18 heavy (non-hydrogen) atoms. The largest absolute Gasteiger partial charge is 0.465 e. The molecule has 90 valence electrons. The minimum Gasteiger partial charge on any atom is -0.465 e. The highest BCUT2D eigenvalue weighted by molar-refractivity contribution is 6.36. The lowest BCUT2D eigenvalue weighted by atomic mass is 10.1. The van der Waals surface area contributed by atoms with Gasteiger partial charge in [-0.1, -0.05) is 29.8 Å². The molecule has 0 bridgehead atoms. The third-order valence-electron chi connectivity index (χ3n) is 2.59. The maximum Gasteiger partial charge on any atom is 0.410 e. The predicted molar refractivity (Wildman–Crippen MR) is 68.1 cm³/mol. The summed E-state index contributed by atoms with van der Waals surface area (Å²) in [6.45, 7) is 0.